The lowest BCUT2D eigenvalue weighted by molar-refractivity contribution is 0.234. The number of anilines is 1. The van der Waals surface area contributed by atoms with Gasteiger partial charge in [-0.25, -0.2) is 4.98 Å². The predicted octanol–water partition coefficient (Wildman–Crippen LogP) is 3.60. The summed E-state index contributed by atoms with van der Waals surface area (Å²) < 4.78 is 5.73. The minimum atomic E-state index is 0.139. The molecule has 2 aromatic rings. The minimum Gasteiger partial charge on any atom is -0.488 e. The van der Waals surface area contributed by atoms with Crippen LogP contribution in [0.3, 0.4) is 0 Å². The lowest BCUT2D eigenvalue weighted by Crippen LogP contribution is -2.06. The van der Waals surface area contributed by atoms with Gasteiger partial charge in [-0.05, 0) is 50.2 Å². The number of nitrogen functional groups attached to an aromatic ring is 1. The van der Waals surface area contributed by atoms with Crippen molar-refractivity contribution in [3.63, 3.8) is 0 Å². The van der Waals surface area contributed by atoms with E-state index in [2.05, 4.69) is 4.98 Å². The molecule has 0 spiro atoms. The molecule has 0 unspecified atom stereocenters. The second-order valence-corrected chi connectivity index (χ2v) is 5.21. The molecular weight excluding hydrogens is 244 g/mol. The van der Waals surface area contributed by atoms with E-state index in [9.17, 15) is 0 Å². The van der Waals surface area contributed by atoms with Crippen LogP contribution < -0.4 is 10.5 Å². The predicted molar refractivity (Wildman–Crippen MR) is 75.0 cm³/mol. The fourth-order valence-corrected chi connectivity index (χ4v) is 2.27. The van der Waals surface area contributed by atoms with Gasteiger partial charge in [0.25, 0.3) is 0 Å². The van der Waals surface area contributed by atoms with Crippen molar-refractivity contribution in [2.45, 2.75) is 29.9 Å². The Morgan fingerprint density at radius 2 is 1.89 bits per heavy atom. The summed E-state index contributed by atoms with van der Waals surface area (Å²) in [4.78, 5) is 5.45. The van der Waals surface area contributed by atoms with E-state index >= 15 is 0 Å². The molecule has 2 rings (SSSR count). The van der Waals surface area contributed by atoms with E-state index in [-0.39, 0.29) is 6.10 Å². The minimum absolute atomic E-state index is 0.139. The summed E-state index contributed by atoms with van der Waals surface area (Å²) in [7, 11) is 0. The van der Waals surface area contributed by atoms with Crippen molar-refractivity contribution in [2.24, 2.45) is 0 Å². The summed E-state index contributed by atoms with van der Waals surface area (Å²) in [6, 6.07) is 11.5. The molecule has 1 aromatic heterocycles. The molecule has 0 saturated heterocycles. The highest BCUT2D eigenvalue weighted by atomic mass is 32.2. The number of pyridine rings is 1. The van der Waals surface area contributed by atoms with Crippen molar-refractivity contribution in [3.8, 4) is 5.75 Å². The topological polar surface area (TPSA) is 48.1 Å². The Kier molecular flexibility index (Phi) is 4.10. The molecule has 0 radical (unpaired) electrons. The highest BCUT2D eigenvalue weighted by Crippen LogP contribution is 2.33. The molecule has 2 N–H and O–H groups in total. The number of hydrogen-bond acceptors (Lipinski definition) is 4. The Bertz CT molecular complexity index is 511. The van der Waals surface area contributed by atoms with Gasteiger partial charge >= 0.3 is 0 Å². The zero-order valence-corrected chi connectivity index (χ0v) is 11.3. The summed E-state index contributed by atoms with van der Waals surface area (Å²) >= 11 is 1.57. The van der Waals surface area contributed by atoms with Crippen LogP contribution in [0.1, 0.15) is 13.8 Å². The van der Waals surface area contributed by atoms with Crippen LogP contribution >= 0.6 is 11.8 Å². The Morgan fingerprint density at radius 3 is 2.56 bits per heavy atom. The van der Waals surface area contributed by atoms with E-state index < -0.39 is 0 Å². The van der Waals surface area contributed by atoms with Crippen molar-refractivity contribution < 1.29 is 4.74 Å². The third kappa shape index (κ3) is 3.40. The van der Waals surface area contributed by atoms with Crippen LogP contribution in [0.25, 0.3) is 0 Å². The Balaban J connectivity index is 2.20. The van der Waals surface area contributed by atoms with E-state index in [1.54, 1.807) is 18.0 Å². The fourth-order valence-electron chi connectivity index (χ4n) is 1.44. The number of hydrogen-bond donors (Lipinski definition) is 1. The van der Waals surface area contributed by atoms with Crippen molar-refractivity contribution in [1.82, 2.24) is 4.98 Å². The third-order valence-corrected chi connectivity index (χ3v) is 3.20. The highest BCUT2D eigenvalue weighted by Gasteiger charge is 2.08. The van der Waals surface area contributed by atoms with Gasteiger partial charge in [0.1, 0.15) is 5.03 Å². The largest absolute Gasteiger partial charge is 0.488 e. The molecule has 0 fully saturated rings. The number of benzene rings is 1. The second-order valence-electron chi connectivity index (χ2n) is 4.14. The van der Waals surface area contributed by atoms with Gasteiger partial charge in [-0.15, -0.1) is 0 Å². The van der Waals surface area contributed by atoms with Crippen LogP contribution in [0, 0.1) is 0 Å². The molecule has 3 nitrogen and oxygen atoms in total. The van der Waals surface area contributed by atoms with Crippen LogP contribution in [0.4, 0.5) is 5.69 Å². The zero-order chi connectivity index (χ0) is 13.0. The van der Waals surface area contributed by atoms with Crippen molar-refractivity contribution >= 4 is 17.4 Å². The quantitative estimate of drug-likeness (QED) is 0.853. The van der Waals surface area contributed by atoms with Crippen LogP contribution in [0.5, 0.6) is 5.75 Å². The first-order valence-electron chi connectivity index (χ1n) is 5.80. The molecule has 0 atom stereocenters. The van der Waals surface area contributed by atoms with E-state index in [4.69, 9.17) is 10.5 Å². The average molecular weight is 260 g/mol. The average Bonchev–Trinajstić information content (AvgIpc) is 2.34. The van der Waals surface area contributed by atoms with Crippen molar-refractivity contribution in [1.29, 1.82) is 0 Å². The van der Waals surface area contributed by atoms with E-state index in [0.29, 0.717) is 0 Å². The van der Waals surface area contributed by atoms with E-state index in [0.717, 1.165) is 21.4 Å². The van der Waals surface area contributed by atoms with E-state index in [1.165, 1.54) is 0 Å². The number of ether oxygens (including phenoxy) is 1. The maximum atomic E-state index is 5.73. The smallest absolute Gasteiger partial charge is 0.152 e. The third-order valence-electron chi connectivity index (χ3n) is 2.19. The molecule has 18 heavy (non-hydrogen) atoms. The van der Waals surface area contributed by atoms with Gasteiger partial charge in [-0.1, -0.05) is 11.8 Å². The Labute approximate surface area is 111 Å². The molecule has 1 heterocycles. The molecular formula is C14H16N2OS. The molecule has 94 valence electrons. The molecule has 0 aliphatic heterocycles. The normalized spacial score (nSPS) is 10.6. The summed E-state index contributed by atoms with van der Waals surface area (Å²) in [5, 5.41) is 0.871. The zero-order valence-electron chi connectivity index (χ0n) is 10.5. The SMILES string of the molecule is CC(C)Oc1cccnc1Sc1ccc(N)cc1. The summed E-state index contributed by atoms with van der Waals surface area (Å²) in [6.45, 7) is 4.01. The molecule has 4 heteroatoms. The van der Waals surface area contributed by atoms with E-state index in [1.807, 2.05) is 50.2 Å². The molecule has 0 amide bonds. The second kappa shape index (κ2) is 5.78. The number of aromatic nitrogens is 1. The Morgan fingerprint density at radius 1 is 1.17 bits per heavy atom. The van der Waals surface area contributed by atoms with Crippen LogP contribution in [-0.4, -0.2) is 11.1 Å². The van der Waals surface area contributed by atoms with Crippen LogP contribution in [0.15, 0.2) is 52.5 Å². The number of rotatable bonds is 4. The lowest BCUT2D eigenvalue weighted by atomic mass is 10.3. The number of nitrogens with two attached hydrogens (primary N) is 1. The standard InChI is InChI=1S/C14H16N2OS/c1-10(2)17-13-4-3-9-16-14(13)18-12-7-5-11(15)6-8-12/h3-10H,15H2,1-2H3. The monoisotopic (exact) mass is 260 g/mol. The van der Waals surface area contributed by atoms with Crippen LogP contribution in [-0.2, 0) is 0 Å². The first-order chi connectivity index (χ1) is 8.65. The van der Waals surface area contributed by atoms with Crippen LogP contribution in [0.2, 0.25) is 0 Å². The maximum Gasteiger partial charge on any atom is 0.152 e. The summed E-state index contributed by atoms with van der Waals surface area (Å²) in [5.74, 6) is 0.814. The molecule has 0 aliphatic rings. The first-order valence-corrected chi connectivity index (χ1v) is 6.62. The van der Waals surface area contributed by atoms with Crippen molar-refractivity contribution in [3.05, 3.63) is 42.6 Å². The fraction of sp³-hybridized carbons (Fsp3) is 0.214. The van der Waals surface area contributed by atoms with Crippen molar-refractivity contribution in [2.75, 3.05) is 5.73 Å². The highest BCUT2D eigenvalue weighted by molar-refractivity contribution is 7.99. The summed E-state index contributed by atoms with van der Waals surface area (Å²) in [5.41, 5.74) is 6.43. The maximum absolute atomic E-state index is 5.73. The lowest BCUT2D eigenvalue weighted by Gasteiger charge is -2.12. The summed E-state index contributed by atoms with van der Waals surface area (Å²) in [6.07, 6.45) is 1.91. The van der Waals surface area contributed by atoms with Gasteiger partial charge in [-0.2, -0.15) is 0 Å². The first kappa shape index (κ1) is 12.8. The van der Waals surface area contributed by atoms with Gasteiger partial charge in [-0.3, -0.25) is 0 Å². The van der Waals surface area contributed by atoms with Gasteiger partial charge in [0.2, 0.25) is 0 Å². The van der Waals surface area contributed by atoms with Gasteiger partial charge < -0.3 is 10.5 Å². The van der Waals surface area contributed by atoms with Gasteiger partial charge in [0, 0.05) is 16.8 Å². The molecule has 0 bridgehead atoms. The molecule has 0 aliphatic carbocycles. The number of nitrogens with zero attached hydrogens (tertiary/aromatic N) is 1. The van der Waals surface area contributed by atoms with Gasteiger partial charge in [0.15, 0.2) is 5.75 Å². The molecule has 0 saturated carbocycles. The molecule has 1 aromatic carbocycles. The Hall–Kier alpha value is -1.68. The van der Waals surface area contributed by atoms with Gasteiger partial charge in [0.05, 0.1) is 6.10 Å².